The highest BCUT2D eigenvalue weighted by Crippen LogP contribution is 2.32. The van der Waals surface area contributed by atoms with Gasteiger partial charge in [0.1, 0.15) is 11.6 Å². The number of benzene rings is 1. The van der Waals surface area contributed by atoms with Gasteiger partial charge in [-0.25, -0.2) is 9.97 Å². The van der Waals surface area contributed by atoms with Gasteiger partial charge in [-0.2, -0.15) is 8.42 Å². The van der Waals surface area contributed by atoms with Crippen molar-refractivity contribution in [2.45, 2.75) is 18.9 Å². The van der Waals surface area contributed by atoms with Crippen molar-refractivity contribution >= 4 is 33.3 Å². The summed E-state index contributed by atoms with van der Waals surface area (Å²) in [5.41, 5.74) is 3.46. The van der Waals surface area contributed by atoms with Gasteiger partial charge >= 0.3 is 0 Å². The van der Waals surface area contributed by atoms with Crippen LogP contribution in [0.15, 0.2) is 53.6 Å². The van der Waals surface area contributed by atoms with E-state index in [0.717, 1.165) is 42.9 Å². The third-order valence-corrected chi connectivity index (χ3v) is 6.79. The third kappa shape index (κ3) is 4.66. The fourth-order valence-electron chi connectivity index (χ4n) is 3.68. The summed E-state index contributed by atoms with van der Waals surface area (Å²) in [6, 6.07) is 14.1. The van der Waals surface area contributed by atoms with Gasteiger partial charge in [0.25, 0.3) is 10.0 Å². The minimum absolute atomic E-state index is 0.0473. The Labute approximate surface area is 187 Å². The lowest BCUT2D eigenvalue weighted by Crippen LogP contribution is -2.44. The van der Waals surface area contributed by atoms with Crippen molar-refractivity contribution in [3.8, 4) is 11.3 Å². The van der Waals surface area contributed by atoms with Gasteiger partial charge in [-0.15, -0.1) is 0 Å². The molecule has 0 saturated carbocycles. The minimum atomic E-state index is -3.92. The predicted octanol–water partition coefficient (Wildman–Crippen LogP) is 3.62. The van der Waals surface area contributed by atoms with E-state index >= 15 is 0 Å². The maximum atomic E-state index is 13.0. The number of sulfonamides is 1. The molecule has 1 fully saturated rings. The van der Waals surface area contributed by atoms with Gasteiger partial charge < -0.3 is 10.2 Å². The van der Waals surface area contributed by atoms with Gasteiger partial charge in [0.15, 0.2) is 5.03 Å². The van der Waals surface area contributed by atoms with Crippen LogP contribution >= 0.6 is 11.6 Å². The number of hydrogen-bond donors (Lipinski definition) is 2. The smallest absolute Gasteiger partial charge is 0.280 e. The first kappa shape index (κ1) is 21.5. The molecular weight excluding hydrogens is 434 g/mol. The fourth-order valence-corrected chi connectivity index (χ4v) is 4.84. The molecule has 162 valence electrons. The van der Waals surface area contributed by atoms with Crippen molar-refractivity contribution in [2.24, 2.45) is 0 Å². The van der Waals surface area contributed by atoms with Crippen molar-refractivity contribution in [2.75, 3.05) is 35.8 Å². The van der Waals surface area contributed by atoms with Crippen molar-refractivity contribution < 1.29 is 8.42 Å². The van der Waals surface area contributed by atoms with Crippen molar-refractivity contribution in [3.05, 3.63) is 64.7 Å². The Morgan fingerprint density at radius 3 is 2.35 bits per heavy atom. The van der Waals surface area contributed by atoms with Gasteiger partial charge in [-0.3, -0.25) is 4.72 Å². The fraction of sp³-hybridized carbons (Fsp3) is 0.273. The van der Waals surface area contributed by atoms with Gasteiger partial charge in [0, 0.05) is 31.7 Å². The first-order chi connectivity index (χ1) is 14.8. The summed E-state index contributed by atoms with van der Waals surface area (Å²) >= 11 is 6.41. The lowest BCUT2D eigenvalue weighted by Gasteiger charge is -2.28. The molecule has 3 heterocycles. The van der Waals surface area contributed by atoms with Crippen LogP contribution in [0.5, 0.6) is 0 Å². The molecule has 31 heavy (non-hydrogen) atoms. The SMILES string of the molecule is Cc1cccc(C)c1-c1nc(NS(=O)(=O)c2cccc(N3CCNCC3)n2)ccc1Cl. The number of piperazine rings is 1. The second kappa shape index (κ2) is 8.82. The Morgan fingerprint density at radius 2 is 1.65 bits per heavy atom. The molecule has 2 aromatic heterocycles. The van der Waals surface area contributed by atoms with E-state index in [1.54, 1.807) is 18.2 Å². The predicted molar refractivity (Wildman–Crippen MR) is 124 cm³/mol. The number of aryl methyl sites for hydroxylation is 2. The quantitative estimate of drug-likeness (QED) is 0.608. The maximum Gasteiger partial charge on any atom is 0.280 e. The molecule has 0 unspecified atom stereocenters. The molecule has 0 atom stereocenters. The molecule has 4 rings (SSSR count). The summed E-state index contributed by atoms with van der Waals surface area (Å²) in [7, 11) is -3.92. The number of anilines is 2. The minimum Gasteiger partial charge on any atom is -0.354 e. The van der Waals surface area contributed by atoms with Crippen LogP contribution in [-0.4, -0.2) is 44.6 Å². The normalized spacial score (nSPS) is 14.5. The molecule has 3 aromatic rings. The Kier molecular flexibility index (Phi) is 6.13. The summed E-state index contributed by atoms with van der Waals surface area (Å²) in [6.07, 6.45) is 0. The average molecular weight is 458 g/mol. The molecule has 0 amide bonds. The highest BCUT2D eigenvalue weighted by atomic mass is 35.5. The molecular formula is C22H24ClN5O2S. The van der Waals surface area contributed by atoms with E-state index < -0.39 is 10.0 Å². The van der Waals surface area contributed by atoms with Crippen LogP contribution in [0.25, 0.3) is 11.3 Å². The summed E-state index contributed by atoms with van der Waals surface area (Å²) in [5.74, 6) is 0.834. The van der Waals surface area contributed by atoms with Crippen LogP contribution in [0.1, 0.15) is 11.1 Å². The molecule has 7 nitrogen and oxygen atoms in total. The summed E-state index contributed by atoms with van der Waals surface area (Å²) in [6.45, 7) is 7.19. The summed E-state index contributed by atoms with van der Waals surface area (Å²) in [4.78, 5) is 11.0. The number of nitrogens with zero attached hydrogens (tertiary/aromatic N) is 3. The zero-order chi connectivity index (χ0) is 22.0. The van der Waals surface area contributed by atoms with E-state index in [-0.39, 0.29) is 10.8 Å². The van der Waals surface area contributed by atoms with Crippen LogP contribution in [0.3, 0.4) is 0 Å². The number of halogens is 1. The highest BCUT2D eigenvalue weighted by Gasteiger charge is 2.21. The molecule has 0 bridgehead atoms. The second-order valence-electron chi connectivity index (χ2n) is 7.47. The Balaban J connectivity index is 1.65. The average Bonchev–Trinajstić information content (AvgIpc) is 2.76. The lowest BCUT2D eigenvalue weighted by molar-refractivity contribution is 0.580. The van der Waals surface area contributed by atoms with Crippen LogP contribution in [-0.2, 0) is 10.0 Å². The second-order valence-corrected chi connectivity index (χ2v) is 9.51. The molecule has 2 N–H and O–H groups in total. The van der Waals surface area contributed by atoms with E-state index in [4.69, 9.17) is 11.6 Å². The van der Waals surface area contributed by atoms with Crippen molar-refractivity contribution in [1.82, 2.24) is 15.3 Å². The Hall–Kier alpha value is -2.68. The van der Waals surface area contributed by atoms with Crippen molar-refractivity contribution in [1.29, 1.82) is 0 Å². The molecule has 0 spiro atoms. The zero-order valence-electron chi connectivity index (χ0n) is 17.4. The number of hydrogen-bond acceptors (Lipinski definition) is 6. The van der Waals surface area contributed by atoms with Crippen molar-refractivity contribution in [3.63, 3.8) is 0 Å². The largest absolute Gasteiger partial charge is 0.354 e. The number of rotatable bonds is 5. The molecule has 1 aliphatic heterocycles. The highest BCUT2D eigenvalue weighted by molar-refractivity contribution is 7.92. The number of nitrogens with one attached hydrogen (secondary N) is 2. The Bertz CT molecular complexity index is 1190. The summed E-state index contributed by atoms with van der Waals surface area (Å²) < 4.78 is 28.6. The van der Waals surface area contributed by atoms with Crippen LogP contribution in [0, 0.1) is 13.8 Å². The topological polar surface area (TPSA) is 87.2 Å². The van der Waals surface area contributed by atoms with E-state index in [0.29, 0.717) is 16.5 Å². The molecule has 0 aliphatic carbocycles. The van der Waals surface area contributed by atoms with Gasteiger partial charge in [-0.05, 0) is 49.2 Å². The van der Waals surface area contributed by atoms with Crippen LogP contribution < -0.4 is 14.9 Å². The first-order valence-corrected chi connectivity index (χ1v) is 11.9. The molecule has 1 aromatic carbocycles. The van der Waals surface area contributed by atoms with E-state index in [1.165, 1.54) is 6.07 Å². The molecule has 9 heteroatoms. The van der Waals surface area contributed by atoms with E-state index in [9.17, 15) is 8.42 Å². The van der Waals surface area contributed by atoms with Crippen LogP contribution in [0.2, 0.25) is 5.02 Å². The third-order valence-electron chi connectivity index (χ3n) is 5.23. The standard InChI is InChI=1S/C22H24ClN5O2S/c1-15-5-3-6-16(2)21(15)22-17(23)9-10-18(25-22)27-31(29,30)20-8-4-7-19(26-20)28-13-11-24-12-14-28/h3-10,24H,11-14H2,1-2H3,(H,25,27). The van der Waals surface area contributed by atoms with Gasteiger partial charge in [-0.1, -0.05) is 35.9 Å². The van der Waals surface area contributed by atoms with Gasteiger partial charge in [0.2, 0.25) is 0 Å². The van der Waals surface area contributed by atoms with Gasteiger partial charge in [0.05, 0.1) is 10.7 Å². The molecule has 0 radical (unpaired) electrons. The van der Waals surface area contributed by atoms with E-state index in [2.05, 4.69) is 24.9 Å². The molecule has 1 saturated heterocycles. The first-order valence-electron chi connectivity index (χ1n) is 10.0. The number of aromatic nitrogens is 2. The monoisotopic (exact) mass is 457 g/mol. The number of pyridine rings is 2. The van der Waals surface area contributed by atoms with E-state index in [1.807, 2.05) is 38.1 Å². The maximum absolute atomic E-state index is 13.0. The van der Waals surface area contributed by atoms with Crippen LogP contribution in [0.4, 0.5) is 11.6 Å². The summed E-state index contributed by atoms with van der Waals surface area (Å²) in [5, 5.41) is 3.68. The Morgan fingerprint density at radius 1 is 0.968 bits per heavy atom. The molecule has 1 aliphatic rings. The zero-order valence-corrected chi connectivity index (χ0v) is 19.0. The lowest BCUT2D eigenvalue weighted by atomic mass is 9.99.